The lowest BCUT2D eigenvalue weighted by Gasteiger charge is -2.49. The van der Waals surface area contributed by atoms with E-state index in [1.165, 1.54) is 16.7 Å². The number of amides is 2. The van der Waals surface area contributed by atoms with Crippen LogP contribution < -0.4 is 5.32 Å². The predicted octanol–water partition coefficient (Wildman–Crippen LogP) is 0.975. The standard InChI is InChI=1S/C19H16N4O5S3/c24-11(6-9-4-2-1-3-5-9)20-14-17(27)23-15(19(28)29)10(8-30-18(14)23)16-22-21-12(31-16)7-13(25)26/h1-5,14,18H,6-8H2,(H,20,24)(H,25,26)(H,28,29)/t14-,18-/m1/s1. The highest BCUT2D eigenvalue weighted by Crippen LogP contribution is 2.44. The van der Waals surface area contributed by atoms with Crippen molar-refractivity contribution in [2.24, 2.45) is 0 Å². The highest BCUT2D eigenvalue weighted by Gasteiger charge is 2.54. The number of benzene rings is 1. The quantitative estimate of drug-likeness (QED) is 0.398. The van der Waals surface area contributed by atoms with Gasteiger partial charge in [-0.3, -0.25) is 24.1 Å². The third kappa shape index (κ3) is 4.36. The maximum atomic E-state index is 12.8. The molecule has 0 aliphatic carbocycles. The van der Waals surface area contributed by atoms with Gasteiger partial charge in [-0.05, 0) is 5.56 Å². The van der Waals surface area contributed by atoms with Crippen LogP contribution in [-0.2, 0) is 32.0 Å². The summed E-state index contributed by atoms with van der Waals surface area (Å²) in [6.07, 6.45) is -0.123. The van der Waals surface area contributed by atoms with Gasteiger partial charge in [0.25, 0.3) is 5.91 Å². The summed E-state index contributed by atoms with van der Waals surface area (Å²) in [6, 6.07) is 8.46. The Morgan fingerprint density at radius 1 is 1.19 bits per heavy atom. The fraction of sp³-hybridized carbons (Fsp3) is 0.263. The van der Waals surface area contributed by atoms with E-state index >= 15 is 0 Å². The van der Waals surface area contributed by atoms with E-state index in [1.807, 2.05) is 30.3 Å². The number of hydrogen-bond donors (Lipinski definition) is 3. The molecule has 1 aromatic carbocycles. The van der Waals surface area contributed by atoms with Crippen molar-refractivity contribution in [2.45, 2.75) is 24.3 Å². The van der Waals surface area contributed by atoms with Gasteiger partial charge >= 0.3 is 5.97 Å². The minimum atomic E-state index is -1.03. The van der Waals surface area contributed by atoms with Crippen LogP contribution in [0.3, 0.4) is 0 Å². The lowest BCUT2D eigenvalue weighted by atomic mass is 10.0. The van der Waals surface area contributed by atoms with E-state index in [4.69, 9.17) is 5.11 Å². The smallest absolute Gasteiger partial charge is 0.310 e. The average molecular weight is 477 g/mol. The van der Waals surface area contributed by atoms with Gasteiger partial charge in [-0.15, -0.1) is 22.0 Å². The maximum absolute atomic E-state index is 12.8. The number of aliphatic carboxylic acids is 1. The number of carbonyl (C=O) groups is 4. The van der Waals surface area contributed by atoms with Crippen LogP contribution in [0.2, 0.25) is 0 Å². The molecule has 0 spiro atoms. The Bertz CT molecular complexity index is 1100. The van der Waals surface area contributed by atoms with Crippen molar-refractivity contribution in [2.75, 3.05) is 5.75 Å². The molecule has 0 radical (unpaired) electrons. The van der Waals surface area contributed by atoms with E-state index in [-0.39, 0.29) is 24.4 Å². The van der Waals surface area contributed by atoms with Crippen LogP contribution in [0.5, 0.6) is 0 Å². The van der Waals surface area contributed by atoms with Gasteiger partial charge in [-0.25, -0.2) is 0 Å². The van der Waals surface area contributed by atoms with Gasteiger partial charge in [-0.1, -0.05) is 54.3 Å². The molecule has 2 N–H and O–H groups in total. The fourth-order valence-electron chi connectivity index (χ4n) is 3.37. The van der Waals surface area contributed by atoms with E-state index in [1.54, 1.807) is 0 Å². The number of β-lactam (4-membered cyclic amide) rings is 1. The number of thiol groups is 1. The molecule has 2 aliphatic heterocycles. The van der Waals surface area contributed by atoms with Crippen LogP contribution in [0.4, 0.5) is 0 Å². The Balaban J connectivity index is 1.51. The predicted molar refractivity (Wildman–Crippen MR) is 117 cm³/mol. The first-order chi connectivity index (χ1) is 14.8. The van der Waals surface area contributed by atoms with Crippen LogP contribution in [-0.4, -0.2) is 60.3 Å². The second-order valence-electron chi connectivity index (χ2n) is 6.82. The monoisotopic (exact) mass is 476 g/mol. The van der Waals surface area contributed by atoms with Gasteiger partial charge in [0.1, 0.15) is 27.1 Å². The average Bonchev–Trinajstić information content (AvgIpc) is 3.19. The number of carboxylic acid groups (broad SMARTS) is 1. The molecule has 2 atom stereocenters. The van der Waals surface area contributed by atoms with Gasteiger partial charge in [0.2, 0.25) is 11.0 Å². The molecule has 0 unspecified atom stereocenters. The summed E-state index contributed by atoms with van der Waals surface area (Å²) < 4.78 is 0. The van der Waals surface area contributed by atoms with Gasteiger partial charge < -0.3 is 10.4 Å². The minimum Gasteiger partial charge on any atom is -0.481 e. The van der Waals surface area contributed by atoms with Crippen molar-refractivity contribution in [3.63, 3.8) is 0 Å². The summed E-state index contributed by atoms with van der Waals surface area (Å²) >= 11 is 6.38. The van der Waals surface area contributed by atoms with E-state index in [0.717, 1.165) is 16.9 Å². The topological polar surface area (TPSA) is 130 Å². The number of thioether (sulfide) groups is 1. The summed E-state index contributed by atoms with van der Waals surface area (Å²) in [5, 5.41) is 19.2. The van der Waals surface area contributed by atoms with Gasteiger partial charge in [0.05, 0.1) is 12.8 Å². The van der Waals surface area contributed by atoms with Crippen molar-refractivity contribution >= 4 is 64.2 Å². The summed E-state index contributed by atoms with van der Waals surface area (Å²) in [5.74, 6) is -1.36. The maximum Gasteiger partial charge on any atom is 0.310 e. The summed E-state index contributed by atoms with van der Waals surface area (Å²) in [6.45, 7) is 0. The number of carboxylic acids is 1. The molecule has 2 aromatic rings. The first kappa shape index (κ1) is 21.5. The number of carbonyl (C=O) groups excluding carboxylic acids is 3. The van der Waals surface area contributed by atoms with Crippen molar-refractivity contribution in [3.05, 3.63) is 51.6 Å². The van der Waals surface area contributed by atoms with Gasteiger partial charge in [0.15, 0.2) is 0 Å². The lowest BCUT2D eigenvalue weighted by molar-refractivity contribution is -0.146. The van der Waals surface area contributed by atoms with E-state index < -0.39 is 28.4 Å². The van der Waals surface area contributed by atoms with Crippen molar-refractivity contribution in [1.29, 1.82) is 0 Å². The first-order valence-electron chi connectivity index (χ1n) is 9.14. The zero-order valence-electron chi connectivity index (χ0n) is 15.8. The number of hydrogen-bond acceptors (Lipinski definition) is 8. The van der Waals surface area contributed by atoms with Crippen LogP contribution in [0, 0.1) is 0 Å². The molecule has 31 heavy (non-hydrogen) atoms. The second kappa shape index (κ2) is 8.81. The highest BCUT2D eigenvalue weighted by molar-refractivity contribution is 8.00. The number of nitrogens with zero attached hydrogens (tertiary/aromatic N) is 3. The Kier molecular flexibility index (Phi) is 6.12. The fourth-order valence-corrected chi connectivity index (χ4v) is 5.92. The van der Waals surface area contributed by atoms with Crippen LogP contribution in [0.15, 0.2) is 36.0 Å². The van der Waals surface area contributed by atoms with E-state index in [0.29, 0.717) is 21.3 Å². The zero-order chi connectivity index (χ0) is 22.1. The van der Waals surface area contributed by atoms with Crippen molar-refractivity contribution in [3.8, 4) is 0 Å². The summed E-state index contributed by atoms with van der Waals surface area (Å²) in [7, 11) is 0. The van der Waals surface area contributed by atoms with Crippen LogP contribution in [0.1, 0.15) is 15.6 Å². The number of aromatic nitrogens is 2. The Morgan fingerprint density at radius 3 is 2.61 bits per heavy atom. The highest BCUT2D eigenvalue weighted by atomic mass is 32.2. The molecule has 12 heteroatoms. The molecule has 2 aliphatic rings. The molecule has 0 bridgehead atoms. The molecule has 4 rings (SSSR count). The second-order valence-corrected chi connectivity index (χ2v) is 9.39. The number of nitrogens with one attached hydrogen (secondary N) is 1. The SMILES string of the molecule is O=C(O)Cc1nnc(C2=C(C(=O)S)N3C(=O)[C@@H](NC(=O)Cc4ccccc4)[C@H]3SC2)s1. The normalized spacial score (nSPS) is 20.2. The molecule has 9 nitrogen and oxygen atoms in total. The number of rotatable bonds is 7. The van der Waals surface area contributed by atoms with Gasteiger partial charge in [0, 0.05) is 11.3 Å². The third-order valence-corrected chi connectivity index (χ3v) is 7.20. The first-order valence-corrected chi connectivity index (χ1v) is 11.5. The van der Waals surface area contributed by atoms with Crippen molar-refractivity contribution < 1.29 is 24.3 Å². The molecule has 3 heterocycles. The summed E-state index contributed by atoms with van der Waals surface area (Å²) in [4.78, 5) is 49.6. The van der Waals surface area contributed by atoms with E-state index in [2.05, 4.69) is 28.1 Å². The van der Waals surface area contributed by atoms with Crippen LogP contribution in [0.25, 0.3) is 5.57 Å². The molecular weight excluding hydrogens is 460 g/mol. The number of fused-ring (bicyclic) bond motifs is 1. The molecule has 160 valence electrons. The molecule has 2 amide bonds. The minimum absolute atomic E-state index is 0.101. The van der Waals surface area contributed by atoms with Gasteiger partial charge in [-0.2, -0.15) is 0 Å². The van der Waals surface area contributed by atoms with Crippen molar-refractivity contribution in [1.82, 2.24) is 20.4 Å². The molecule has 1 fully saturated rings. The molecular formula is C19H16N4O5S3. The molecule has 1 aromatic heterocycles. The summed E-state index contributed by atoms with van der Waals surface area (Å²) in [5.41, 5.74) is 1.42. The molecule has 1 saturated heterocycles. The van der Waals surface area contributed by atoms with Crippen LogP contribution >= 0.6 is 35.7 Å². The Hall–Kier alpha value is -2.70. The Morgan fingerprint density at radius 2 is 1.94 bits per heavy atom. The largest absolute Gasteiger partial charge is 0.481 e. The third-order valence-electron chi connectivity index (χ3n) is 4.72. The Labute approximate surface area is 190 Å². The van der Waals surface area contributed by atoms with E-state index in [9.17, 15) is 19.2 Å². The zero-order valence-corrected chi connectivity index (χ0v) is 18.4. The molecule has 0 saturated carbocycles. The lowest BCUT2D eigenvalue weighted by Crippen LogP contribution is -2.70.